The van der Waals surface area contributed by atoms with Crippen LogP contribution >= 0.6 is 0 Å². The van der Waals surface area contributed by atoms with Crippen molar-refractivity contribution in [1.82, 2.24) is 0 Å². The Balaban J connectivity index is 2.31. The highest BCUT2D eigenvalue weighted by Crippen LogP contribution is 2.36. The Labute approximate surface area is 69.4 Å². The van der Waals surface area contributed by atoms with Gasteiger partial charge < -0.3 is 0 Å². The minimum Gasteiger partial charge on any atom is -0.0967 e. The molecule has 1 fully saturated rings. The van der Waals surface area contributed by atoms with Gasteiger partial charge in [-0.2, -0.15) is 0 Å². The Kier molecular flexibility index (Phi) is 2.84. The van der Waals surface area contributed by atoms with Crippen LogP contribution in [0.4, 0.5) is 0 Å². The average molecular weight is 154 g/mol. The molecule has 0 aliphatic carbocycles. The van der Waals surface area contributed by atoms with Gasteiger partial charge in [-0.3, -0.25) is 0 Å². The van der Waals surface area contributed by atoms with Crippen molar-refractivity contribution in [3.63, 3.8) is 0 Å². The Morgan fingerprint density at radius 1 is 1.20 bits per heavy atom. The first-order valence-corrected chi connectivity index (χ1v) is 7.09. The summed E-state index contributed by atoms with van der Waals surface area (Å²) in [6.07, 6.45) is 3.02. The van der Waals surface area contributed by atoms with Crippen molar-refractivity contribution in [2.45, 2.75) is 49.5 Å². The molecule has 0 N–H and O–H groups in total. The van der Waals surface area contributed by atoms with E-state index in [9.17, 15) is 0 Å². The van der Waals surface area contributed by atoms with Gasteiger partial charge in [-0.05, 0) is 5.41 Å². The molecule has 1 rings (SSSR count). The van der Waals surface area contributed by atoms with E-state index in [0.29, 0.717) is 5.41 Å². The standard InChI is InChI=1S/C7H14.C2H5.Al/c1-5-7(3,4)6-2;1-2;/h1-2,5-6H2,3-4H3;1H2,2H3;. The summed E-state index contributed by atoms with van der Waals surface area (Å²) in [5.74, 6) is 0. The molecule has 1 aliphatic heterocycles. The van der Waals surface area contributed by atoms with E-state index in [2.05, 4.69) is 20.8 Å². The Hall–Kier alpha value is 0.532. The first kappa shape index (κ1) is 8.63. The maximum absolute atomic E-state index is 2.42. The van der Waals surface area contributed by atoms with E-state index in [0.717, 1.165) is 0 Å². The van der Waals surface area contributed by atoms with Crippen molar-refractivity contribution in [2.24, 2.45) is 5.41 Å². The molecule has 58 valence electrons. The van der Waals surface area contributed by atoms with Crippen molar-refractivity contribution >= 4 is 14.1 Å². The molecule has 1 heterocycles. The fraction of sp³-hybridized carbons (Fsp3) is 1.00. The van der Waals surface area contributed by atoms with Crippen molar-refractivity contribution in [1.29, 1.82) is 0 Å². The summed E-state index contributed by atoms with van der Waals surface area (Å²) >= 11 is -0.187. The quantitative estimate of drug-likeness (QED) is 0.508. The second kappa shape index (κ2) is 3.29. The van der Waals surface area contributed by atoms with Crippen LogP contribution < -0.4 is 0 Å². The third-order valence-electron chi connectivity index (χ3n) is 3.04. The van der Waals surface area contributed by atoms with Crippen LogP contribution in [-0.4, -0.2) is 14.1 Å². The molecular weight excluding hydrogens is 135 g/mol. The predicted molar refractivity (Wildman–Crippen MR) is 48.9 cm³/mol. The van der Waals surface area contributed by atoms with Crippen LogP contribution in [-0.2, 0) is 0 Å². The van der Waals surface area contributed by atoms with Gasteiger partial charge in [-0.15, -0.1) is 0 Å². The van der Waals surface area contributed by atoms with Gasteiger partial charge in [0.1, 0.15) is 0 Å². The molecule has 1 saturated heterocycles. The lowest BCUT2D eigenvalue weighted by Crippen LogP contribution is -2.25. The third kappa shape index (κ3) is 2.29. The van der Waals surface area contributed by atoms with Gasteiger partial charge in [-0.1, -0.05) is 49.5 Å². The molecule has 10 heavy (non-hydrogen) atoms. The first-order chi connectivity index (χ1) is 4.64. The topological polar surface area (TPSA) is 0 Å². The fourth-order valence-electron chi connectivity index (χ4n) is 1.87. The first-order valence-electron chi connectivity index (χ1n) is 4.64. The molecule has 0 atom stereocenters. The lowest BCUT2D eigenvalue weighted by molar-refractivity contribution is 0.322. The molecule has 0 saturated carbocycles. The van der Waals surface area contributed by atoms with Crippen LogP contribution in [0.3, 0.4) is 0 Å². The summed E-state index contributed by atoms with van der Waals surface area (Å²) in [6, 6.07) is 0. The van der Waals surface area contributed by atoms with Crippen LogP contribution in [0.5, 0.6) is 0 Å². The number of hydrogen-bond acceptors (Lipinski definition) is 0. The normalized spacial score (nSPS) is 24.9. The summed E-state index contributed by atoms with van der Waals surface area (Å²) in [6.45, 7) is 7.23. The van der Waals surface area contributed by atoms with Crippen molar-refractivity contribution in [2.75, 3.05) is 0 Å². The zero-order valence-electron chi connectivity index (χ0n) is 7.61. The van der Waals surface area contributed by atoms with Crippen LogP contribution in [0.15, 0.2) is 0 Å². The molecule has 0 aromatic heterocycles. The molecule has 0 bridgehead atoms. The molecule has 0 radical (unpaired) electrons. The highest BCUT2D eigenvalue weighted by molar-refractivity contribution is 6.58. The third-order valence-corrected chi connectivity index (χ3v) is 6.40. The van der Waals surface area contributed by atoms with E-state index in [-0.39, 0.29) is 14.1 Å². The van der Waals surface area contributed by atoms with Crippen molar-refractivity contribution in [3.05, 3.63) is 0 Å². The zero-order chi connectivity index (χ0) is 7.61. The van der Waals surface area contributed by atoms with Crippen LogP contribution in [0.1, 0.15) is 33.6 Å². The molecule has 0 spiro atoms. The lowest BCUT2D eigenvalue weighted by atomic mass is 9.87. The van der Waals surface area contributed by atoms with Gasteiger partial charge in [-0.25, -0.2) is 0 Å². The van der Waals surface area contributed by atoms with Crippen LogP contribution in [0.25, 0.3) is 0 Å². The summed E-state index contributed by atoms with van der Waals surface area (Å²) in [5.41, 5.74) is 0.693. The second-order valence-electron chi connectivity index (χ2n) is 4.52. The van der Waals surface area contributed by atoms with Crippen LogP contribution in [0.2, 0.25) is 15.8 Å². The smallest absolute Gasteiger partial charge is 0.0967 e. The van der Waals surface area contributed by atoms with Gasteiger partial charge in [0.2, 0.25) is 0 Å². The highest BCUT2D eigenvalue weighted by Gasteiger charge is 2.28. The number of hydrogen-bond donors (Lipinski definition) is 0. The van der Waals surface area contributed by atoms with Crippen molar-refractivity contribution < 1.29 is 0 Å². The molecule has 0 nitrogen and oxygen atoms in total. The van der Waals surface area contributed by atoms with E-state index >= 15 is 0 Å². The minimum absolute atomic E-state index is 0.187. The van der Waals surface area contributed by atoms with Gasteiger partial charge in [0.15, 0.2) is 0 Å². The van der Waals surface area contributed by atoms with E-state index in [4.69, 9.17) is 0 Å². The highest BCUT2D eigenvalue weighted by atomic mass is 27.2. The average Bonchev–Trinajstić information content (AvgIpc) is 1.88. The van der Waals surface area contributed by atoms with E-state index in [1.54, 1.807) is 10.6 Å². The largest absolute Gasteiger partial charge is 0.261 e. The van der Waals surface area contributed by atoms with Gasteiger partial charge >= 0.3 is 0 Å². The van der Waals surface area contributed by atoms with Gasteiger partial charge in [0.05, 0.1) is 0 Å². The summed E-state index contributed by atoms with van der Waals surface area (Å²) < 4.78 is 0. The van der Waals surface area contributed by atoms with E-state index in [1.165, 1.54) is 18.1 Å². The maximum atomic E-state index is 2.42. The summed E-state index contributed by atoms with van der Waals surface area (Å²) in [7, 11) is 0. The Morgan fingerprint density at radius 2 is 1.70 bits per heavy atom. The summed E-state index contributed by atoms with van der Waals surface area (Å²) in [5, 5.41) is 4.77. The monoisotopic (exact) mass is 154 g/mol. The molecule has 1 heteroatoms. The van der Waals surface area contributed by atoms with Crippen molar-refractivity contribution in [3.8, 4) is 0 Å². The number of rotatable bonds is 1. The molecular formula is C9H19Al. The maximum Gasteiger partial charge on any atom is 0.261 e. The summed E-state index contributed by atoms with van der Waals surface area (Å²) in [4.78, 5) is 0. The van der Waals surface area contributed by atoms with E-state index < -0.39 is 0 Å². The Bertz CT molecular complexity index is 97.3. The fourth-order valence-corrected chi connectivity index (χ4v) is 5.35. The zero-order valence-corrected chi connectivity index (χ0v) is 8.77. The van der Waals surface area contributed by atoms with E-state index in [1.807, 2.05) is 0 Å². The molecule has 0 aromatic rings. The SMILES string of the molecule is C[CH2][Al]1[CH2]CC(C)(C)C[CH2]1. The predicted octanol–water partition coefficient (Wildman–Crippen LogP) is 3.32. The van der Waals surface area contributed by atoms with Gasteiger partial charge in [0.25, 0.3) is 14.1 Å². The second-order valence-corrected chi connectivity index (χ2v) is 8.22. The molecule has 0 aromatic carbocycles. The van der Waals surface area contributed by atoms with Crippen LogP contribution in [0, 0.1) is 5.41 Å². The Morgan fingerprint density at radius 3 is 2.10 bits per heavy atom. The molecule has 0 amide bonds. The lowest BCUT2D eigenvalue weighted by Gasteiger charge is -2.31. The minimum atomic E-state index is -0.187. The molecule has 0 unspecified atom stereocenters. The molecule has 1 aliphatic rings. The van der Waals surface area contributed by atoms with Gasteiger partial charge in [0, 0.05) is 0 Å².